The fourth-order valence-corrected chi connectivity index (χ4v) is 0.998. The van der Waals surface area contributed by atoms with Crippen LogP contribution in [-0.2, 0) is 7.05 Å². The minimum absolute atomic E-state index is 0.0888. The highest BCUT2D eigenvalue weighted by Gasteiger charge is 2.11. The number of nitrogens with zero attached hydrogens (tertiary/aromatic N) is 2. The Kier molecular flexibility index (Phi) is 2.52. The fourth-order valence-electron chi connectivity index (χ4n) is 0.998. The predicted molar refractivity (Wildman–Crippen MR) is 44.1 cm³/mol. The molecule has 0 fully saturated rings. The number of aliphatic hydroxyl groups is 1. The predicted octanol–water partition coefficient (Wildman–Crippen LogP) is -0.0691. The zero-order valence-electron chi connectivity index (χ0n) is 7.39. The second-order valence-electron chi connectivity index (χ2n) is 2.63. The van der Waals surface area contributed by atoms with E-state index in [9.17, 15) is 9.90 Å². The maximum atomic E-state index is 10.3. The summed E-state index contributed by atoms with van der Waals surface area (Å²) in [6.45, 7) is 1.59. The molecule has 0 aromatic carbocycles. The molecule has 1 heterocycles. The van der Waals surface area contributed by atoms with E-state index in [1.165, 1.54) is 10.7 Å². The van der Waals surface area contributed by atoms with Crippen LogP contribution in [0.4, 0.5) is 4.79 Å². The molecule has 72 valence electrons. The lowest BCUT2D eigenvalue weighted by atomic mass is 10.3. The maximum Gasteiger partial charge on any atom is 0.411 e. The number of amides is 1. The van der Waals surface area contributed by atoms with Gasteiger partial charge >= 0.3 is 6.09 Å². The van der Waals surface area contributed by atoms with Crippen molar-refractivity contribution in [2.45, 2.75) is 13.0 Å². The van der Waals surface area contributed by atoms with Crippen molar-refractivity contribution in [3.8, 4) is 5.88 Å². The van der Waals surface area contributed by atoms with Gasteiger partial charge in [-0.1, -0.05) is 0 Å². The Hall–Kier alpha value is -1.56. The zero-order chi connectivity index (χ0) is 10.0. The number of hydrogen-bond acceptors (Lipinski definition) is 4. The quantitative estimate of drug-likeness (QED) is 0.674. The average molecular weight is 185 g/mol. The summed E-state index contributed by atoms with van der Waals surface area (Å²) < 4.78 is 5.94. The molecule has 0 spiro atoms. The van der Waals surface area contributed by atoms with Crippen LogP contribution in [0.15, 0.2) is 6.07 Å². The third-order valence-corrected chi connectivity index (χ3v) is 1.53. The number of aromatic nitrogens is 2. The number of aliphatic hydroxyl groups excluding tert-OH is 1. The lowest BCUT2D eigenvalue weighted by molar-refractivity contribution is 0.189. The normalized spacial score (nSPS) is 12.5. The summed E-state index contributed by atoms with van der Waals surface area (Å²) in [7, 11) is 1.63. The topological polar surface area (TPSA) is 90.4 Å². The largest absolute Gasteiger partial charge is 0.411 e. The van der Waals surface area contributed by atoms with E-state index >= 15 is 0 Å². The van der Waals surface area contributed by atoms with Crippen LogP contribution in [0.5, 0.6) is 5.88 Å². The van der Waals surface area contributed by atoms with Crippen LogP contribution in [0.2, 0.25) is 0 Å². The van der Waals surface area contributed by atoms with Gasteiger partial charge in [0.25, 0.3) is 0 Å². The summed E-state index contributed by atoms with van der Waals surface area (Å²) in [5.74, 6) is 0.0888. The SMILES string of the molecule is CC(O)c1cc(OC(N)=O)nn1C. The number of carbonyl (C=O) groups excluding carboxylic acids is 1. The third kappa shape index (κ3) is 2.19. The first-order chi connectivity index (χ1) is 6.00. The molecule has 1 atom stereocenters. The van der Waals surface area contributed by atoms with Crippen molar-refractivity contribution >= 4 is 6.09 Å². The van der Waals surface area contributed by atoms with Crippen molar-refractivity contribution in [2.75, 3.05) is 0 Å². The Morgan fingerprint density at radius 3 is 2.85 bits per heavy atom. The second kappa shape index (κ2) is 3.44. The molecule has 6 nitrogen and oxygen atoms in total. The van der Waals surface area contributed by atoms with Gasteiger partial charge in [0.1, 0.15) is 0 Å². The molecule has 0 saturated carbocycles. The number of carbonyl (C=O) groups is 1. The molecule has 0 aliphatic heterocycles. The van der Waals surface area contributed by atoms with Gasteiger partial charge in [-0.2, -0.15) is 0 Å². The minimum Gasteiger partial charge on any atom is -0.390 e. The van der Waals surface area contributed by atoms with Gasteiger partial charge in [-0.15, -0.1) is 5.10 Å². The van der Waals surface area contributed by atoms with E-state index in [0.29, 0.717) is 5.69 Å². The lowest BCUT2D eigenvalue weighted by Crippen LogP contribution is -2.16. The first-order valence-electron chi connectivity index (χ1n) is 3.70. The lowest BCUT2D eigenvalue weighted by Gasteiger charge is -2.01. The first-order valence-corrected chi connectivity index (χ1v) is 3.70. The molecule has 0 radical (unpaired) electrons. The monoisotopic (exact) mass is 185 g/mol. The van der Waals surface area contributed by atoms with Gasteiger partial charge in [0, 0.05) is 13.1 Å². The maximum absolute atomic E-state index is 10.3. The van der Waals surface area contributed by atoms with Crippen LogP contribution in [-0.4, -0.2) is 21.0 Å². The molecule has 0 saturated heterocycles. The van der Waals surface area contributed by atoms with Crippen molar-refractivity contribution < 1.29 is 14.6 Å². The van der Waals surface area contributed by atoms with Gasteiger partial charge in [0.05, 0.1) is 11.8 Å². The summed E-state index contributed by atoms with van der Waals surface area (Å²) in [6.07, 6.45) is -1.59. The number of ether oxygens (including phenoxy) is 1. The van der Waals surface area contributed by atoms with E-state index in [-0.39, 0.29) is 5.88 Å². The number of nitrogens with two attached hydrogens (primary N) is 1. The third-order valence-electron chi connectivity index (χ3n) is 1.53. The molecule has 1 amide bonds. The van der Waals surface area contributed by atoms with Crippen molar-refractivity contribution in [3.63, 3.8) is 0 Å². The summed E-state index contributed by atoms with van der Waals surface area (Å²) in [5, 5.41) is 13.0. The van der Waals surface area contributed by atoms with Crippen LogP contribution in [0.3, 0.4) is 0 Å². The average Bonchev–Trinajstić information content (AvgIpc) is 2.29. The van der Waals surface area contributed by atoms with Crippen molar-refractivity contribution in [1.29, 1.82) is 0 Å². The summed E-state index contributed by atoms with van der Waals surface area (Å²) in [6, 6.07) is 1.45. The molecule has 1 rings (SSSR count). The smallest absolute Gasteiger partial charge is 0.390 e. The van der Waals surface area contributed by atoms with Gasteiger partial charge in [0.15, 0.2) is 0 Å². The second-order valence-corrected chi connectivity index (χ2v) is 2.63. The highest BCUT2D eigenvalue weighted by atomic mass is 16.6. The molecular weight excluding hydrogens is 174 g/mol. The van der Waals surface area contributed by atoms with Crippen molar-refractivity contribution in [3.05, 3.63) is 11.8 Å². The molecule has 0 aliphatic carbocycles. The van der Waals surface area contributed by atoms with E-state index in [4.69, 9.17) is 5.73 Å². The first kappa shape index (κ1) is 9.53. The van der Waals surface area contributed by atoms with Gasteiger partial charge in [-0.05, 0) is 6.92 Å². The van der Waals surface area contributed by atoms with Crippen molar-refractivity contribution in [2.24, 2.45) is 12.8 Å². The standard InChI is InChI=1S/C7H11N3O3/c1-4(11)5-3-6(9-10(5)2)13-7(8)12/h3-4,11H,1-2H3,(H2,8,12). The Morgan fingerprint density at radius 1 is 1.85 bits per heavy atom. The molecule has 1 aromatic rings. The van der Waals surface area contributed by atoms with Crippen LogP contribution in [0.1, 0.15) is 18.7 Å². The number of primary amides is 1. The van der Waals surface area contributed by atoms with Crippen molar-refractivity contribution in [1.82, 2.24) is 9.78 Å². The van der Waals surface area contributed by atoms with Crippen LogP contribution >= 0.6 is 0 Å². The van der Waals surface area contributed by atoms with E-state index in [1.807, 2.05) is 0 Å². The highest BCUT2D eigenvalue weighted by molar-refractivity contribution is 5.67. The molecule has 13 heavy (non-hydrogen) atoms. The molecule has 6 heteroatoms. The highest BCUT2D eigenvalue weighted by Crippen LogP contribution is 2.17. The summed E-state index contributed by atoms with van der Waals surface area (Å²) in [5.41, 5.74) is 5.34. The number of aryl methyl sites for hydroxylation is 1. The Morgan fingerprint density at radius 2 is 2.46 bits per heavy atom. The van der Waals surface area contributed by atoms with Crippen LogP contribution in [0.25, 0.3) is 0 Å². The molecular formula is C7H11N3O3. The van der Waals surface area contributed by atoms with Gasteiger partial charge in [0.2, 0.25) is 5.88 Å². The summed E-state index contributed by atoms with van der Waals surface area (Å²) >= 11 is 0. The van der Waals surface area contributed by atoms with E-state index in [0.717, 1.165) is 0 Å². The van der Waals surface area contributed by atoms with E-state index in [1.54, 1.807) is 14.0 Å². The summed E-state index contributed by atoms with van der Waals surface area (Å²) in [4.78, 5) is 10.3. The molecule has 3 N–H and O–H groups in total. The van der Waals surface area contributed by atoms with Gasteiger partial charge < -0.3 is 15.6 Å². The van der Waals surface area contributed by atoms with E-state index < -0.39 is 12.2 Å². The Balaban J connectivity index is 2.88. The minimum atomic E-state index is -0.921. The van der Waals surface area contributed by atoms with Crippen LogP contribution in [0, 0.1) is 0 Å². The zero-order valence-corrected chi connectivity index (χ0v) is 7.39. The number of hydrogen-bond donors (Lipinski definition) is 2. The Labute approximate surface area is 74.9 Å². The fraction of sp³-hybridized carbons (Fsp3) is 0.429. The van der Waals surface area contributed by atoms with E-state index in [2.05, 4.69) is 9.84 Å². The molecule has 1 aromatic heterocycles. The van der Waals surface area contributed by atoms with Crippen LogP contribution < -0.4 is 10.5 Å². The van der Waals surface area contributed by atoms with Gasteiger partial charge in [-0.3, -0.25) is 4.68 Å². The molecule has 0 bridgehead atoms. The van der Waals surface area contributed by atoms with Gasteiger partial charge in [-0.25, -0.2) is 4.79 Å². The Bertz CT molecular complexity index is 319. The number of rotatable bonds is 2. The molecule has 1 unspecified atom stereocenters. The molecule has 0 aliphatic rings.